The van der Waals surface area contributed by atoms with E-state index < -0.39 is 0 Å². The van der Waals surface area contributed by atoms with Crippen LogP contribution in [0.15, 0.2) is 41.1 Å². The molecule has 0 aliphatic carbocycles. The van der Waals surface area contributed by atoms with Gasteiger partial charge in [-0.2, -0.15) is 0 Å². The minimum atomic E-state index is -0.357. The second-order valence-corrected chi connectivity index (χ2v) is 5.41. The van der Waals surface area contributed by atoms with Crippen molar-refractivity contribution in [2.24, 2.45) is 0 Å². The van der Waals surface area contributed by atoms with Gasteiger partial charge >= 0.3 is 0 Å². The van der Waals surface area contributed by atoms with Crippen LogP contribution in [0.4, 0.5) is 4.39 Å². The van der Waals surface area contributed by atoms with Crippen molar-refractivity contribution in [3.8, 4) is 5.75 Å². The van der Waals surface area contributed by atoms with Crippen molar-refractivity contribution in [3.63, 3.8) is 0 Å². The Bertz CT molecular complexity index is 592. The van der Waals surface area contributed by atoms with Gasteiger partial charge in [0.25, 0.3) is 0 Å². The van der Waals surface area contributed by atoms with Crippen molar-refractivity contribution in [2.45, 2.75) is 19.6 Å². The maximum atomic E-state index is 13.1. The Morgan fingerprint density at radius 3 is 2.85 bits per heavy atom. The van der Waals surface area contributed by atoms with Gasteiger partial charge in [-0.3, -0.25) is 4.98 Å². The standard InChI is InChI=1S/C15H16BrFN2O/c1-10(18-2)14-4-3-12(16)6-15(14)20-9-11-5-13(17)8-19-7-11/h3-8,10,18H,9H2,1-2H3. The fourth-order valence-corrected chi connectivity index (χ4v) is 2.18. The third kappa shape index (κ3) is 3.77. The van der Waals surface area contributed by atoms with Crippen LogP contribution in [0.25, 0.3) is 0 Å². The third-order valence-corrected chi connectivity index (χ3v) is 3.52. The summed E-state index contributed by atoms with van der Waals surface area (Å²) in [6.07, 6.45) is 2.78. The van der Waals surface area contributed by atoms with Crippen molar-refractivity contribution in [1.82, 2.24) is 10.3 Å². The zero-order valence-corrected chi connectivity index (χ0v) is 12.9. The molecule has 0 spiro atoms. The van der Waals surface area contributed by atoms with E-state index in [4.69, 9.17) is 4.74 Å². The van der Waals surface area contributed by atoms with Gasteiger partial charge in [0.1, 0.15) is 18.2 Å². The molecular weight excluding hydrogens is 323 g/mol. The first kappa shape index (κ1) is 14.9. The molecular formula is C15H16BrFN2O. The zero-order valence-electron chi connectivity index (χ0n) is 11.4. The predicted octanol–water partition coefficient (Wildman–Crippen LogP) is 3.84. The molecule has 0 aliphatic heterocycles. The van der Waals surface area contributed by atoms with Gasteiger partial charge in [0, 0.05) is 27.8 Å². The Hall–Kier alpha value is -1.46. The summed E-state index contributed by atoms with van der Waals surface area (Å²) in [5.74, 6) is 0.412. The minimum absolute atomic E-state index is 0.170. The molecule has 1 aromatic carbocycles. The molecule has 0 saturated heterocycles. The first-order valence-corrected chi connectivity index (χ1v) is 7.08. The molecule has 0 aliphatic rings. The monoisotopic (exact) mass is 338 g/mol. The van der Waals surface area contributed by atoms with Crippen LogP contribution < -0.4 is 10.1 Å². The number of nitrogens with zero attached hydrogens (tertiary/aromatic N) is 1. The van der Waals surface area contributed by atoms with Crippen LogP contribution in [0.2, 0.25) is 0 Å². The molecule has 0 bridgehead atoms. The van der Waals surface area contributed by atoms with E-state index in [-0.39, 0.29) is 18.5 Å². The third-order valence-electron chi connectivity index (χ3n) is 3.03. The maximum Gasteiger partial charge on any atom is 0.141 e. The Labute approximate surface area is 126 Å². The molecule has 0 saturated carbocycles. The van der Waals surface area contributed by atoms with Gasteiger partial charge in [0.05, 0.1) is 6.20 Å². The molecule has 3 nitrogen and oxygen atoms in total. The highest BCUT2D eigenvalue weighted by molar-refractivity contribution is 9.10. The molecule has 1 N–H and O–H groups in total. The normalized spacial score (nSPS) is 12.2. The van der Waals surface area contributed by atoms with E-state index >= 15 is 0 Å². The van der Waals surface area contributed by atoms with E-state index in [0.717, 1.165) is 15.8 Å². The van der Waals surface area contributed by atoms with Crippen LogP contribution in [0.5, 0.6) is 5.75 Å². The average Bonchev–Trinajstić information content (AvgIpc) is 2.44. The lowest BCUT2D eigenvalue weighted by molar-refractivity contribution is 0.299. The van der Waals surface area contributed by atoms with Crippen LogP contribution in [0.1, 0.15) is 24.1 Å². The molecule has 20 heavy (non-hydrogen) atoms. The Kier molecular flexibility index (Phi) is 5.09. The van der Waals surface area contributed by atoms with E-state index in [1.54, 1.807) is 6.20 Å². The number of hydrogen-bond donors (Lipinski definition) is 1. The zero-order chi connectivity index (χ0) is 14.5. The summed E-state index contributed by atoms with van der Waals surface area (Å²) in [4.78, 5) is 3.81. The average molecular weight is 339 g/mol. The van der Waals surface area contributed by atoms with Crippen LogP contribution in [0.3, 0.4) is 0 Å². The summed E-state index contributed by atoms with van der Waals surface area (Å²) in [6, 6.07) is 7.48. The SMILES string of the molecule is CNC(C)c1ccc(Br)cc1OCc1cncc(F)c1. The Morgan fingerprint density at radius 2 is 2.15 bits per heavy atom. The van der Waals surface area contributed by atoms with E-state index in [0.29, 0.717) is 5.56 Å². The lowest BCUT2D eigenvalue weighted by atomic mass is 10.1. The first-order chi connectivity index (χ1) is 9.60. The number of aromatic nitrogens is 1. The van der Waals surface area contributed by atoms with Gasteiger partial charge in [0.2, 0.25) is 0 Å². The smallest absolute Gasteiger partial charge is 0.141 e. The van der Waals surface area contributed by atoms with Gasteiger partial charge in [-0.05, 0) is 32.2 Å². The van der Waals surface area contributed by atoms with E-state index in [9.17, 15) is 4.39 Å². The second-order valence-electron chi connectivity index (χ2n) is 4.49. The molecule has 1 atom stereocenters. The number of hydrogen-bond acceptors (Lipinski definition) is 3. The molecule has 1 heterocycles. The second kappa shape index (κ2) is 6.81. The van der Waals surface area contributed by atoms with Crippen molar-refractivity contribution >= 4 is 15.9 Å². The van der Waals surface area contributed by atoms with Gasteiger partial charge in [0.15, 0.2) is 0 Å². The molecule has 1 aromatic heterocycles. The Morgan fingerprint density at radius 1 is 1.35 bits per heavy atom. The number of benzene rings is 1. The lowest BCUT2D eigenvalue weighted by Gasteiger charge is -2.17. The lowest BCUT2D eigenvalue weighted by Crippen LogP contribution is -2.13. The number of nitrogens with one attached hydrogen (secondary N) is 1. The van der Waals surface area contributed by atoms with Crippen LogP contribution in [-0.4, -0.2) is 12.0 Å². The van der Waals surface area contributed by atoms with Gasteiger partial charge in [-0.15, -0.1) is 0 Å². The minimum Gasteiger partial charge on any atom is -0.488 e. The van der Waals surface area contributed by atoms with Crippen LogP contribution in [0, 0.1) is 5.82 Å². The summed E-state index contributed by atoms with van der Waals surface area (Å²) in [5, 5.41) is 3.18. The number of ether oxygens (including phenoxy) is 1. The molecule has 0 radical (unpaired) electrons. The van der Waals surface area contributed by atoms with Crippen molar-refractivity contribution in [2.75, 3.05) is 7.05 Å². The predicted molar refractivity (Wildman–Crippen MR) is 80.1 cm³/mol. The highest BCUT2D eigenvalue weighted by atomic mass is 79.9. The maximum absolute atomic E-state index is 13.1. The Balaban J connectivity index is 2.18. The van der Waals surface area contributed by atoms with E-state index in [2.05, 4.69) is 33.2 Å². The molecule has 1 unspecified atom stereocenters. The number of rotatable bonds is 5. The quantitative estimate of drug-likeness (QED) is 0.899. The summed E-state index contributed by atoms with van der Waals surface area (Å²) in [6.45, 7) is 2.34. The first-order valence-electron chi connectivity index (χ1n) is 6.29. The summed E-state index contributed by atoms with van der Waals surface area (Å²) in [7, 11) is 1.90. The van der Waals surface area contributed by atoms with Crippen molar-refractivity contribution in [1.29, 1.82) is 0 Å². The summed E-state index contributed by atoms with van der Waals surface area (Å²) >= 11 is 3.43. The summed E-state index contributed by atoms with van der Waals surface area (Å²) < 4.78 is 19.8. The number of pyridine rings is 1. The van der Waals surface area contributed by atoms with E-state index in [1.807, 2.05) is 25.2 Å². The molecule has 0 fully saturated rings. The van der Waals surface area contributed by atoms with Gasteiger partial charge in [-0.1, -0.05) is 22.0 Å². The largest absolute Gasteiger partial charge is 0.488 e. The highest BCUT2D eigenvalue weighted by Gasteiger charge is 2.11. The van der Waals surface area contributed by atoms with Crippen LogP contribution in [-0.2, 0) is 6.61 Å². The van der Waals surface area contributed by atoms with Gasteiger partial charge in [-0.25, -0.2) is 4.39 Å². The summed E-state index contributed by atoms with van der Waals surface area (Å²) in [5.41, 5.74) is 1.76. The number of halogens is 2. The highest BCUT2D eigenvalue weighted by Crippen LogP contribution is 2.29. The van der Waals surface area contributed by atoms with Gasteiger partial charge < -0.3 is 10.1 Å². The van der Waals surface area contributed by atoms with Crippen molar-refractivity contribution in [3.05, 3.63) is 58.1 Å². The fraction of sp³-hybridized carbons (Fsp3) is 0.267. The van der Waals surface area contributed by atoms with E-state index in [1.165, 1.54) is 12.3 Å². The molecule has 2 aromatic rings. The van der Waals surface area contributed by atoms with Crippen LogP contribution >= 0.6 is 15.9 Å². The molecule has 5 heteroatoms. The molecule has 106 valence electrons. The topological polar surface area (TPSA) is 34.1 Å². The molecule has 0 amide bonds. The van der Waals surface area contributed by atoms with Crippen molar-refractivity contribution < 1.29 is 9.13 Å². The molecule has 2 rings (SSSR count). The fourth-order valence-electron chi connectivity index (χ4n) is 1.84.